The molecular weight excluding hydrogens is 376 g/mol. The van der Waals surface area contributed by atoms with Gasteiger partial charge in [-0.15, -0.1) is 16.4 Å². The number of phenols is 1. The van der Waals surface area contributed by atoms with Crippen LogP contribution in [-0.2, 0) is 4.79 Å². The van der Waals surface area contributed by atoms with Crippen LogP contribution in [0.15, 0.2) is 40.9 Å². The Morgan fingerprint density at radius 1 is 1.31 bits per heavy atom. The zero-order chi connectivity index (χ0) is 18.7. The second kappa shape index (κ2) is 7.54. The fraction of sp³-hybridized carbons (Fsp3) is 0.133. The first-order valence-electron chi connectivity index (χ1n) is 7.38. The van der Waals surface area contributed by atoms with Gasteiger partial charge in [-0.2, -0.15) is 4.68 Å². The zero-order valence-corrected chi connectivity index (χ0v) is 15.1. The number of carbonyl (C=O) groups is 2. The lowest BCUT2D eigenvalue weighted by atomic mass is 10.3. The van der Waals surface area contributed by atoms with E-state index in [1.165, 1.54) is 28.2 Å². The number of nitrogens with zero attached hydrogens (tertiary/aromatic N) is 4. The lowest BCUT2D eigenvalue weighted by Gasteiger charge is -2.11. The normalized spacial score (nSPS) is 11.9. The van der Waals surface area contributed by atoms with Crippen molar-refractivity contribution in [2.45, 2.75) is 17.3 Å². The molecule has 0 bridgehead atoms. The van der Waals surface area contributed by atoms with E-state index in [0.29, 0.717) is 15.8 Å². The number of thiophene rings is 1. The number of nitrogens with one attached hydrogen (secondary N) is 1. The molecule has 0 aliphatic carbocycles. The smallest absolute Gasteiger partial charge is 0.251 e. The van der Waals surface area contributed by atoms with Crippen molar-refractivity contribution in [3.05, 3.63) is 41.3 Å². The Bertz CT molecular complexity index is 937. The third kappa shape index (κ3) is 3.83. The van der Waals surface area contributed by atoms with Crippen LogP contribution in [-0.4, -0.2) is 42.4 Å². The number of benzene rings is 1. The first kappa shape index (κ1) is 17.9. The Balaban J connectivity index is 1.72. The molecule has 1 atom stereocenters. The molecule has 3 rings (SSSR count). The molecule has 2 heterocycles. The molecular formula is C15H14N6O3S2. The number of hydrogen-bond donors (Lipinski definition) is 3. The second-order valence-electron chi connectivity index (χ2n) is 5.17. The number of aromatic nitrogens is 4. The zero-order valence-electron chi connectivity index (χ0n) is 13.5. The van der Waals surface area contributed by atoms with E-state index in [-0.39, 0.29) is 17.2 Å². The van der Waals surface area contributed by atoms with Crippen LogP contribution in [0.2, 0.25) is 0 Å². The van der Waals surface area contributed by atoms with Crippen LogP contribution in [0.1, 0.15) is 17.3 Å². The third-order valence-electron chi connectivity index (χ3n) is 3.35. The summed E-state index contributed by atoms with van der Waals surface area (Å²) in [6, 6.07) is 7.91. The summed E-state index contributed by atoms with van der Waals surface area (Å²) >= 11 is 2.38. The van der Waals surface area contributed by atoms with Crippen LogP contribution in [0.5, 0.6) is 5.75 Å². The van der Waals surface area contributed by atoms with Crippen molar-refractivity contribution in [3.8, 4) is 11.4 Å². The fourth-order valence-electron chi connectivity index (χ4n) is 2.03. The highest BCUT2D eigenvalue weighted by Crippen LogP contribution is 2.27. The maximum absolute atomic E-state index is 12.4. The van der Waals surface area contributed by atoms with Crippen LogP contribution in [0.4, 0.5) is 5.00 Å². The quantitative estimate of drug-likeness (QED) is 0.544. The number of nitrogens with two attached hydrogens (primary N) is 1. The Kier molecular flexibility index (Phi) is 5.19. The van der Waals surface area contributed by atoms with Gasteiger partial charge in [0.15, 0.2) is 0 Å². The van der Waals surface area contributed by atoms with Crippen molar-refractivity contribution in [1.82, 2.24) is 20.2 Å². The molecule has 0 fully saturated rings. The first-order chi connectivity index (χ1) is 12.5. The number of amides is 2. The maximum atomic E-state index is 12.4. The van der Waals surface area contributed by atoms with E-state index in [4.69, 9.17) is 5.73 Å². The molecule has 0 radical (unpaired) electrons. The molecule has 0 spiro atoms. The van der Waals surface area contributed by atoms with Gasteiger partial charge in [-0.1, -0.05) is 11.8 Å². The summed E-state index contributed by atoms with van der Waals surface area (Å²) in [6.07, 6.45) is 0. The number of aromatic hydroxyl groups is 1. The maximum Gasteiger partial charge on any atom is 0.251 e. The van der Waals surface area contributed by atoms with Crippen molar-refractivity contribution < 1.29 is 14.7 Å². The third-order valence-corrected chi connectivity index (χ3v) is 5.22. The minimum absolute atomic E-state index is 0.130. The van der Waals surface area contributed by atoms with E-state index in [9.17, 15) is 14.7 Å². The van der Waals surface area contributed by atoms with Crippen LogP contribution < -0.4 is 11.1 Å². The van der Waals surface area contributed by atoms with Crippen molar-refractivity contribution in [3.63, 3.8) is 0 Å². The minimum Gasteiger partial charge on any atom is -0.508 e. The lowest BCUT2D eigenvalue weighted by molar-refractivity contribution is -0.115. The molecule has 134 valence electrons. The molecule has 2 amide bonds. The largest absolute Gasteiger partial charge is 0.508 e. The Morgan fingerprint density at radius 3 is 2.73 bits per heavy atom. The fourth-order valence-corrected chi connectivity index (χ4v) is 3.64. The van der Waals surface area contributed by atoms with Crippen molar-refractivity contribution >= 4 is 39.9 Å². The second-order valence-corrected chi connectivity index (χ2v) is 7.39. The summed E-state index contributed by atoms with van der Waals surface area (Å²) in [5, 5.41) is 25.5. The topological polar surface area (TPSA) is 136 Å². The number of phenolic OH excluding ortho intramolecular Hbond substituents is 1. The highest BCUT2D eigenvalue weighted by molar-refractivity contribution is 8.00. The van der Waals surface area contributed by atoms with Gasteiger partial charge in [-0.05, 0) is 53.1 Å². The monoisotopic (exact) mass is 390 g/mol. The molecule has 11 heteroatoms. The summed E-state index contributed by atoms with van der Waals surface area (Å²) in [7, 11) is 0. The number of carbonyl (C=O) groups excluding carboxylic acids is 2. The molecule has 1 aromatic carbocycles. The molecule has 0 aliphatic rings. The molecule has 4 N–H and O–H groups in total. The number of anilines is 1. The number of thioether (sulfide) groups is 1. The van der Waals surface area contributed by atoms with E-state index in [1.807, 2.05) is 0 Å². The Hall–Kier alpha value is -2.92. The van der Waals surface area contributed by atoms with Crippen LogP contribution in [0, 0.1) is 0 Å². The van der Waals surface area contributed by atoms with Crippen molar-refractivity contribution in [2.24, 2.45) is 5.73 Å². The van der Waals surface area contributed by atoms with Crippen molar-refractivity contribution in [2.75, 3.05) is 5.32 Å². The van der Waals surface area contributed by atoms with Gasteiger partial charge in [-0.3, -0.25) is 9.59 Å². The van der Waals surface area contributed by atoms with Gasteiger partial charge in [0.1, 0.15) is 10.8 Å². The average Bonchev–Trinajstić information content (AvgIpc) is 3.25. The molecule has 9 nitrogen and oxygen atoms in total. The molecule has 26 heavy (non-hydrogen) atoms. The molecule has 0 aliphatic heterocycles. The summed E-state index contributed by atoms with van der Waals surface area (Å²) in [4.78, 5) is 23.8. The number of hydrogen-bond acceptors (Lipinski definition) is 8. The van der Waals surface area contributed by atoms with E-state index < -0.39 is 11.2 Å². The standard InChI is InChI=1S/C15H14N6O3S2/c1-8(13(24)17-14-11(12(16)23)6-7-25-14)26-15-18-19-20-21(15)9-2-4-10(22)5-3-9/h2-8,22H,1H3,(H2,16,23)(H,17,24). The highest BCUT2D eigenvalue weighted by Gasteiger charge is 2.21. The molecule has 1 unspecified atom stereocenters. The van der Waals surface area contributed by atoms with Crippen LogP contribution >= 0.6 is 23.1 Å². The number of rotatable bonds is 6. The highest BCUT2D eigenvalue weighted by atomic mass is 32.2. The summed E-state index contributed by atoms with van der Waals surface area (Å²) in [5.74, 6) is -0.775. The summed E-state index contributed by atoms with van der Waals surface area (Å²) in [5.41, 5.74) is 6.20. The van der Waals surface area contributed by atoms with Gasteiger partial charge in [-0.25, -0.2) is 0 Å². The van der Waals surface area contributed by atoms with Crippen LogP contribution in [0.25, 0.3) is 5.69 Å². The van der Waals surface area contributed by atoms with Gasteiger partial charge in [0, 0.05) is 0 Å². The summed E-state index contributed by atoms with van der Waals surface area (Å²) in [6.45, 7) is 1.70. The lowest BCUT2D eigenvalue weighted by Crippen LogP contribution is -2.24. The Labute approximate surface area is 156 Å². The number of tetrazole rings is 1. The van der Waals surface area contributed by atoms with Gasteiger partial charge in [0.2, 0.25) is 11.1 Å². The van der Waals surface area contributed by atoms with E-state index in [2.05, 4.69) is 20.8 Å². The molecule has 0 saturated carbocycles. The predicted octanol–water partition coefficient (Wildman–Crippen LogP) is 1.65. The van der Waals surface area contributed by atoms with Crippen molar-refractivity contribution in [1.29, 1.82) is 0 Å². The summed E-state index contributed by atoms with van der Waals surface area (Å²) < 4.78 is 1.47. The minimum atomic E-state index is -0.599. The van der Waals surface area contributed by atoms with Gasteiger partial charge < -0.3 is 16.2 Å². The number of primary amides is 1. The molecule has 3 aromatic rings. The predicted molar refractivity (Wildman–Crippen MR) is 97.6 cm³/mol. The molecule has 0 saturated heterocycles. The van der Waals surface area contributed by atoms with Crippen LogP contribution in [0.3, 0.4) is 0 Å². The first-order valence-corrected chi connectivity index (χ1v) is 9.14. The van der Waals surface area contributed by atoms with E-state index >= 15 is 0 Å². The van der Waals surface area contributed by atoms with Gasteiger partial charge in [0.25, 0.3) is 5.91 Å². The van der Waals surface area contributed by atoms with Gasteiger partial charge >= 0.3 is 0 Å². The SMILES string of the molecule is CC(Sc1nnnn1-c1ccc(O)cc1)C(=O)Nc1sccc1C(N)=O. The van der Waals surface area contributed by atoms with Gasteiger partial charge in [0.05, 0.1) is 16.5 Å². The Morgan fingerprint density at radius 2 is 2.04 bits per heavy atom. The van der Waals surface area contributed by atoms with E-state index in [1.54, 1.807) is 30.5 Å². The van der Waals surface area contributed by atoms with E-state index in [0.717, 1.165) is 11.8 Å². The molecule has 2 aromatic heterocycles. The average molecular weight is 390 g/mol.